The van der Waals surface area contributed by atoms with Crippen LogP contribution in [0, 0.1) is 0 Å². The second-order valence-electron chi connectivity index (χ2n) is 6.41. The van der Waals surface area contributed by atoms with Crippen LogP contribution in [0.5, 0.6) is 5.75 Å². The van der Waals surface area contributed by atoms with Crippen molar-refractivity contribution in [3.8, 4) is 5.75 Å². The van der Waals surface area contributed by atoms with E-state index in [4.69, 9.17) is 9.47 Å². The van der Waals surface area contributed by atoms with Crippen molar-refractivity contribution in [2.45, 2.75) is 43.8 Å². The summed E-state index contributed by atoms with van der Waals surface area (Å²) in [6, 6.07) is 6.02. The number of hydrogen-bond donors (Lipinski definition) is 0. The largest absolute Gasteiger partial charge is 0.497 e. The number of esters is 1. The molecule has 126 valence electrons. The molecule has 0 saturated heterocycles. The highest BCUT2D eigenvalue weighted by molar-refractivity contribution is 8.00. The maximum absolute atomic E-state index is 12.0. The molecule has 4 nitrogen and oxygen atoms in total. The number of rotatable bonds is 5. The second-order valence-corrected chi connectivity index (χ2v) is 8.25. The van der Waals surface area contributed by atoms with E-state index in [1.165, 1.54) is 0 Å². The van der Waals surface area contributed by atoms with Crippen molar-refractivity contribution in [3.05, 3.63) is 23.9 Å². The molecule has 2 aromatic rings. The van der Waals surface area contributed by atoms with Crippen LogP contribution in [0.4, 0.5) is 0 Å². The minimum Gasteiger partial charge on any atom is -0.497 e. The van der Waals surface area contributed by atoms with Crippen molar-refractivity contribution in [1.29, 1.82) is 0 Å². The molecule has 2 rings (SSSR count). The Morgan fingerprint density at radius 2 is 2.00 bits per heavy atom. The Morgan fingerprint density at radius 3 is 2.57 bits per heavy atom. The van der Waals surface area contributed by atoms with E-state index in [0.29, 0.717) is 6.61 Å². The topological polar surface area (TPSA) is 40.5 Å². The van der Waals surface area contributed by atoms with Crippen molar-refractivity contribution < 1.29 is 14.3 Å². The molecule has 0 aliphatic rings. The first kappa shape index (κ1) is 17.7. The molecule has 0 N–H and O–H groups in total. The third kappa shape index (κ3) is 4.02. The number of methoxy groups -OCH3 is 1. The highest BCUT2D eigenvalue weighted by Gasteiger charge is 2.23. The van der Waals surface area contributed by atoms with E-state index < -0.39 is 0 Å². The van der Waals surface area contributed by atoms with Crippen LogP contribution < -0.4 is 4.74 Å². The molecule has 0 atom stereocenters. The average Bonchev–Trinajstić information content (AvgIpc) is 2.71. The van der Waals surface area contributed by atoms with Gasteiger partial charge in [0.2, 0.25) is 0 Å². The van der Waals surface area contributed by atoms with Gasteiger partial charge in [0.1, 0.15) is 5.75 Å². The van der Waals surface area contributed by atoms with E-state index >= 15 is 0 Å². The average molecular weight is 335 g/mol. The van der Waals surface area contributed by atoms with Gasteiger partial charge in [-0.05, 0) is 25.1 Å². The lowest BCUT2D eigenvalue weighted by Crippen LogP contribution is -2.13. The maximum atomic E-state index is 12.0. The number of ether oxygens (including phenoxy) is 2. The van der Waals surface area contributed by atoms with Gasteiger partial charge < -0.3 is 14.0 Å². The summed E-state index contributed by atoms with van der Waals surface area (Å²) in [5.41, 5.74) is 2.09. The molecule has 5 heteroatoms. The van der Waals surface area contributed by atoms with E-state index in [-0.39, 0.29) is 17.1 Å². The van der Waals surface area contributed by atoms with Gasteiger partial charge in [0.05, 0.1) is 20.1 Å². The van der Waals surface area contributed by atoms with Gasteiger partial charge in [-0.2, -0.15) is 0 Å². The zero-order valence-electron chi connectivity index (χ0n) is 14.7. The molecular weight excluding hydrogens is 310 g/mol. The molecule has 0 aliphatic carbocycles. The summed E-state index contributed by atoms with van der Waals surface area (Å²) in [6.45, 7) is 8.74. The first-order valence-corrected chi connectivity index (χ1v) is 8.58. The Balaban J connectivity index is 2.60. The molecule has 1 aromatic carbocycles. The summed E-state index contributed by atoms with van der Waals surface area (Å²) in [5, 5.41) is 1.12. The lowest BCUT2D eigenvalue weighted by Gasteiger charge is -2.18. The normalized spacial score (nSPS) is 11.7. The number of thioether (sulfide) groups is 1. The van der Waals surface area contributed by atoms with Gasteiger partial charge in [-0.25, -0.2) is 0 Å². The molecule has 23 heavy (non-hydrogen) atoms. The SMILES string of the molecule is CCOC(=O)Cc1c(SC(C)(C)C)c2cc(OC)ccc2n1C. The van der Waals surface area contributed by atoms with Crippen molar-refractivity contribution in [2.75, 3.05) is 13.7 Å². The first-order valence-electron chi connectivity index (χ1n) is 7.76. The third-order valence-electron chi connectivity index (χ3n) is 3.50. The van der Waals surface area contributed by atoms with Crippen LogP contribution in [0.25, 0.3) is 10.9 Å². The third-order valence-corrected chi connectivity index (χ3v) is 4.77. The number of benzene rings is 1. The van der Waals surface area contributed by atoms with Crippen LogP contribution in [-0.4, -0.2) is 29.0 Å². The number of fused-ring (bicyclic) bond motifs is 1. The van der Waals surface area contributed by atoms with E-state index in [1.54, 1.807) is 18.9 Å². The molecule has 0 radical (unpaired) electrons. The molecule has 1 aromatic heterocycles. The fourth-order valence-electron chi connectivity index (χ4n) is 2.54. The summed E-state index contributed by atoms with van der Waals surface area (Å²) < 4.78 is 12.6. The van der Waals surface area contributed by atoms with Crippen molar-refractivity contribution >= 4 is 28.6 Å². The quantitative estimate of drug-likeness (QED) is 0.607. The Bertz CT molecular complexity index is 713. The van der Waals surface area contributed by atoms with Gasteiger partial charge in [-0.3, -0.25) is 4.79 Å². The minimum atomic E-state index is -0.193. The van der Waals surface area contributed by atoms with Gasteiger partial charge in [0, 0.05) is 33.3 Å². The molecule has 0 fully saturated rings. The Kier molecular flexibility index (Phi) is 5.30. The first-order chi connectivity index (χ1) is 10.8. The monoisotopic (exact) mass is 335 g/mol. The van der Waals surface area contributed by atoms with Crippen LogP contribution in [0.15, 0.2) is 23.1 Å². The molecule has 0 amide bonds. The van der Waals surface area contributed by atoms with Crippen molar-refractivity contribution in [1.82, 2.24) is 4.57 Å². The smallest absolute Gasteiger partial charge is 0.311 e. The van der Waals surface area contributed by atoms with E-state index in [0.717, 1.165) is 27.2 Å². The number of aryl methyl sites for hydroxylation is 1. The zero-order chi connectivity index (χ0) is 17.2. The predicted molar refractivity (Wildman–Crippen MR) is 95.4 cm³/mol. The summed E-state index contributed by atoms with van der Waals surface area (Å²) in [4.78, 5) is 13.1. The van der Waals surface area contributed by atoms with Crippen LogP contribution in [0.2, 0.25) is 0 Å². The number of carbonyl (C=O) groups is 1. The highest BCUT2D eigenvalue weighted by Crippen LogP contribution is 2.41. The number of hydrogen-bond acceptors (Lipinski definition) is 4. The summed E-state index contributed by atoms with van der Waals surface area (Å²) in [7, 11) is 3.66. The Morgan fingerprint density at radius 1 is 1.30 bits per heavy atom. The molecule has 1 heterocycles. The summed E-state index contributed by atoms with van der Waals surface area (Å²) >= 11 is 1.77. The van der Waals surface area contributed by atoms with E-state index in [1.807, 2.05) is 32.2 Å². The number of carbonyl (C=O) groups excluding carboxylic acids is 1. The van der Waals surface area contributed by atoms with E-state index in [2.05, 4.69) is 25.3 Å². The molecular formula is C18H25NO3S. The van der Waals surface area contributed by atoms with Crippen molar-refractivity contribution in [2.24, 2.45) is 7.05 Å². The van der Waals surface area contributed by atoms with Gasteiger partial charge in [-0.1, -0.05) is 20.8 Å². The second kappa shape index (κ2) is 6.87. The van der Waals surface area contributed by atoms with E-state index in [9.17, 15) is 4.79 Å². The highest BCUT2D eigenvalue weighted by atomic mass is 32.2. The fourth-order valence-corrected chi connectivity index (χ4v) is 3.75. The standard InChI is InChI=1S/C18H25NO3S/c1-7-22-16(20)11-15-17(23-18(2,3)4)13-10-12(21-6)8-9-14(13)19(15)5/h8-10H,7,11H2,1-6H3. The van der Waals surface area contributed by atoms with Gasteiger partial charge >= 0.3 is 5.97 Å². The fraction of sp³-hybridized carbons (Fsp3) is 0.500. The molecule has 0 aliphatic heterocycles. The molecule has 0 spiro atoms. The van der Waals surface area contributed by atoms with Crippen LogP contribution >= 0.6 is 11.8 Å². The number of aromatic nitrogens is 1. The maximum Gasteiger partial charge on any atom is 0.311 e. The predicted octanol–water partition coefficient (Wildman–Crippen LogP) is 4.18. The minimum absolute atomic E-state index is 0.0424. The zero-order valence-corrected chi connectivity index (χ0v) is 15.5. The van der Waals surface area contributed by atoms with Crippen LogP contribution in [0.1, 0.15) is 33.4 Å². The molecule has 0 unspecified atom stereocenters. The summed E-state index contributed by atoms with van der Waals surface area (Å²) in [6.07, 6.45) is 0.278. The Hall–Kier alpha value is -1.62. The Labute approximate surface area is 142 Å². The number of nitrogens with zero attached hydrogens (tertiary/aromatic N) is 1. The van der Waals surface area contributed by atoms with Gasteiger partial charge in [0.15, 0.2) is 0 Å². The molecule has 0 saturated carbocycles. The summed E-state index contributed by atoms with van der Waals surface area (Å²) in [5.74, 6) is 0.627. The van der Waals surface area contributed by atoms with Crippen molar-refractivity contribution in [3.63, 3.8) is 0 Å². The lowest BCUT2D eigenvalue weighted by molar-refractivity contribution is -0.142. The lowest BCUT2D eigenvalue weighted by atomic mass is 10.2. The van der Waals surface area contributed by atoms with Crippen LogP contribution in [0.3, 0.4) is 0 Å². The van der Waals surface area contributed by atoms with Crippen LogP contribution in [-0.2, 0) is 23.0 Å². The molecule has 0 bridgehead atoms. The van der Waals surface area contributed by atoms with Gasteiger partial charge in [-0.15, -0.1) is 11.8 Å². The van der Waals surface area contributed by atoms with Gasteiger partial charge in [0.25, 0.3) is 0 Å².